The van der Waals surface area contributed by atoms with Crippen LogP contribution in [0.2, 0.25) is 0 Å². The summed E-state index contributed by atoms with van der Waals surface area (Å²) in [4.78, 5) is 33.5. The van der Waals surface area contributed by atoms with E-state index in [0.717, 1.165) is 39.0 Å². The Labute approximate surface area is 168 Å². The molecule has 0 aromatic carbocycles. The van der Waals surface area contributed by atoms with Gasteiger partial charge in [-0.1, -0.05) is 0 Å². The van der Waals surface area contributed by atoms with E-state index in [0.29, 0.717) is 12.1 Å². The van der Waals surface area contributed by atoms with Crippen molar-refractivity contribution < 1.29 is 50.9 Å². The number of rotatable bonds is 1. The van der Waals surface area contributed by atoms with E-state index in [9.17, 15) is 31.1 Å². The predicted octanol–water partition coefficient (Wildman–Crippen LogP) is 1.69. The van der Waals surface area contributed by atoms with Crippen molar-refractivity contribution in [2.24, 2.45) is 5.73 Å². The fourth-order valence-electron chi connectivity index (χ4n) is 2.87. The Balaban J connectivity index is 0.000000503. The fraction of sp³-hybridized carbons (Fsp3) is 0.812. The average Bonchev–Trinajstić information content (AvgIpc) is 2.62. The number of aliphatic carboxylic acids is 2. The topological polar surface area (TPSA) is 124 Å². The number of nitrogens with two attached hydrogens (primary N) is 1. The zero-order valence-electron chi connectivity index (χ0n) is 16.2. The minimum Gasteiger partial charge on any atom is -0.475 e. The van der Waals surface area contributed by atoms with E-state index >= 15 is 0 Å². The zero-order valence-corrected chi connectivity index (χ0v) is 16.2. The molecular formula is C16H25F6N3O5. The van der Waals surface area contributed by atoms with E-state index in [1.165, 1.54) is 12.8 Å². The lowest BCUT2D eigenvalue weighted by atomic mass is 9.90. The monoisotopic (exact) mass is 453 g/mol. The van der Waals surface area contributed by atoms with E-state index in [2.05, 4.69) is 4.90 Å². The van der Waals surface area contributed by atoms with Gasteiger partial charge in [-0.05, 0) is 25.7 Å². The smallest absolute Gasteiger partial charge is 0.475 e. The van der Waals surface area contributed by atoms with E-state index in [4.69, 9.17) is 25.5 Å². The van der Waals surface area contributed by atoms with Crippen LogP contribution >= 0.6 is 0 Å². The van der Waals surface area contributed by atoms with E-state index in [1.54, 1.807) is 6.92 Å². The summed E-state index contributed by atoms with van der Waals surface area (Å²) in [5, 5.41) is 14.2. The summed E-state index contributed by atoms with van der Waals surface area (Å²) in [5.74, 6) is -5.30. The molecule has 2 fully saturated rings. The van der Waals surface area contributed by atoms with Crippen LogP contribution in [0.25, 0.3) is 0 Å². The van der Waals surface area contributed by atoms with E-state index in [1.807, 2.05) is 4.90 Å². The molecule has 4 N–H and O–H groups in total. The van der Waals surface area contributed by atoms with Crippen LogP contribution in [-0.4, -0.2) is 88.5 Å². The van der Waals surface area contributed by atoms with Gasteiger partial charge in [0.1, 0.15) is 0 Å². The van der Waals surface area contributed by atoms with Crippen LogP contribution in [0.15, 0.2) is 0 Å². The summed E-state index contributed by atoms with van der Waals surface area (Å²) in [6.45, 7) is 5.55. The number of hydrogen-bond acceptors (Lipinski definition) is 5. The first kappa shape index (κ1) is 27.9. The number of carboxylic acid groups (broad SMARTS) is 2. The number of amides is 1. The van der Waals surface area contributed by atoms with Crippen molar-refractivity contribution in [1.29, 1.82) is 0 Å². The van der Waals surface area contributed by atoms with Gasteiger partial charge < -0.3 is 20.8 Å². The second kappa shape index (κ2) is 11.9. The molecule has 0 aromatic heterocycles. The molecule has 1 heterocycles. The highest BCUT2D eigenvalue weighted by atomic mass is 19.4. The van der Waals surface area contributed by atoms with Crippen LogP contribution in [0.4, 0.5) is 26.3 Å². The maximum absolute atomic E-state index is 11.2. The lowest BCUT2D eigenvalue weighted by Crippen LogP contribution is -2.52. The molecule has 2 rings (SSSR count). The summed E-state index contributed by atoms with van der Waals surface area (Å²) in [7, 11) is 0. The Morgan fingerprint density at radius 1 is 0.800 bits per heavy atom. The molecule has 176 valence electrons. The molecule has 30 heavy (non-hydrogen) atoms. The molecule has 0 atom stereocenters. The maximum atomic E-state index is 11.2. The molecule has 1 aliphatic heterocycles. The predicted molar refractivity (Wildman–Crippen MR) is 91.4 cm³/mol. The highest BCUT2D eigenvalue weighted by molar-refractivity contribution is 5.73. The molecule has 1 aliphatic carbocycles. The number of piperazine rings is 1. The molecule has 14 heteroatoms. The Hall–Kier alpha value is -2.09. The van der Waals surface area contributed by atoms with Crippen LogP contribution in [0, 0.1) is 0 Å². The summed E-state index contributed by atoms with van der Waals surface area (Å²) < 4.78 is 63.5. The lowest BCUT2D eigenvalue weighted by Gasteiger charge is -2.41. The molecule has 1 saturated carbocycles. The Morgan fingerprint density at radius 2 is 1.13 bits per heavy atom. The van der Waals surface area contributed by atoms with Crippen LogP contribution in [0.1, 0.15) is 32.6 Å². The number of alkyl halides is 6. The first-order valence-electron chi connectivity index (χ1n) is 8.91. The maximum Gasteiger partial charge on any atom is 0.490 e. The molecule has 8 nitrogen and oxygen atoms in total. The van der Waals surface area contributed by atoms with Gasteiger partial charge in [0, 0.05) is 45.2 Å². The average molecular weight is 453 g/mol. The normalized spacial score (nSPS) is 22.7. The van der Waals surface area contributed by atoms with Crippen molar-refractivity contribution in [3.8, 4) is 0 Å². The standard InChI is InChI=1S/C12H23N3O.2C2HF3O2/c1-10(16)14-6-8-15(9-7-14)12-4-2-11(13)3-5-12;2*3-2(4,5)1(6)7/h11-12H,2-9,13H2,1H3;2*(H,6,7). The van der Waals surface area contributed by atoms with Crippen LogP contribution < -0.4 is 5.73 Å². The SMILES string of the molecule is CC(=O)N1CCN(C2CCC(N)CC2)CC1.O=C(O)C(F)(F)F.O=C(O)C(F)(F)F. The molecule has 0 spiro atoms. The van der Waals surface area contributed by atoms with Gasteiger partial charge in [0.2, 0.25) is 5.91 Å². The molecular weight excluding hydrogens is 428 g/mol. The molecule has 1 amide bonds. The summed E-state index contributed by atoms with van der Waals surface area (Å²) in [5.41, 5.74) is 5.92. The minimum absolute atomic E-state index is 0.213. The number of carbonyl (C=O) groups excluding carboxylic acids is 1. The van der Waals surface area contributed by atoms with Crippen LogP contribution in [0.5, 0.6) is 0 Å². The minimum atomic E-state index is -5.08. The number of carboxylic acids is 2. The van der Waals surface area contributed by atoms with E-state index < -0.39 is 24.3 Å². The van der Waals surface area contributed by atoms with Gasteiger partial charge in [-0.25, -0.2) is 9.59 Å². The molecule has 1 saturated heterocycles. The van der Waals surface area contributed by atoms with Crippen molar-refractivity contribution in [2.45, 2.75) is 57.0 Å². The van der Waals surface area contributed by atoms with Crippen molar-refractivity contribution in [3.05, 3.63) is 0 Å². The van der Waals surface area contributed by atoms with Gasteiger partial charge in [-0.2, -0.15) is 26.3 Å². The number of nitrogens with zero attached hydrogens (tertiary/aromatic N) is 2. The summed E-state index contributed by atoms with van der Waals surface area (Å²) in [6.07, 6.45) is -5.36. The lowest BCUT2D eigenvalue weighted by molar-refractivity contribution is -0.193. The second-order valence-electron chi connectivity index (χ2n) is 6.72. The second-order valence-corrected chi connectivity index (χ2v) is 6.72. The van der Waals surface area contributed by atoms with Crippen LogP contribution in [-0.2, 0) is 14.4 Å². The van der Waals surface area contributed by atoms with Gasteiger partial charge >= 0.3 is 24.3 Å². The molecule has 0 unspecified atom stereocenters. The first-order chi connectivity index (χ1) is 13.6. The zero-order chi connectivity index (χ0) is 23.7. The quantitative estimate of drug-likeness (QED) is 0.516. The molecule has 0 radical (unpaired) electrons. The Bertz CT molecular complexity index is 545. The highest BCUT2D eigenvalue weighted by Gasteiger charge is 2.38. The van der Waals surface area contributed by atoms with Gasteiger partial charge in [-0.15, -0.1) is 0 Å². The number of carbonyl (C=O) groups is 3. The summed E-state index contributed by atoms with van der Waals surface area (Å²) in [6, 6.07) is 1.14. The summed E-state index contributed by atoms with van der Waals surface area (Å²) >= 11 is 0. The van der Waals surface area contributed by atoms with Gasteiger partial charge in [-0.3, -0.25) is 9.69 Å². The fourth-order valence-corrected chi connectivity index (χ4v) is 2.87. The Morgan fingerprint density at radius 3 is 1.40 bits per heavy atom. The number of halogens is 6. The number of hydrogen-bond donors (Lipinski definition) is 3. The third kappa shape index (κ3) is 11.2. The highest BCUT2D eigenvalue weighted by Crippen LogP contribution is 2.23. The molecule has 0 aromatic rings. The van der Waals surface area contributed by atoms with Crippen LogP contribution in [0.3, 0.4) is 0 Å². The van der Waals surface area contributed by atoms with Crippen molar-refractivity contribution >= 4 is 17.8 Å². The van der Waals surface area contributed by atoms with E-state index in [-0.39, 0.29) is 5.91 Å². The third-order valence-corrected chi connectivity index (χ3v) is 4.50. The van der Waals surface area contributed by atoms with Gasteiger partial charge in [0.15, 0.2) is 0 Å². The molecule has 0 bridgehead atoms. The Kier molecular flexibility index (Phi) is 11.1. The molecule has 2 aliphatic rings. The largest absolute Gasteiger partial charge is 0.490 e. The van der Waals surface area contributed by atoms with Crippen molar-refractivity contribution in [2.75, 3.05) is 26.2 Å². The van der Waals surface area contributed by atoms with Gasteiger partial charge in [0.25, 0.3) is 0 Å². The third-order valence-electron chi connectivity index (χ3n) is 4.50. The first-order valence-corrected chi connectivity index (χ1v) is 8.91. The van der Waals surface area contributed by atoms with Gasteiger partial charge in [0.05, 0.1) is 0 Å². The van der Waals surface area contributed by atoms with Crippen molar-refractivity contribution in [3.63, 3.8) is 0 Å². The van der Waals surface area contributed by atoms with Crippen molar-refractivity contribution in [1.82, 2.24) is 9.80 Å².